The summed E-state index contributed by atoms with van der Waals surface area (Å²) in [4.78, 5) is 8.20. The second-order valence-corrected chi connectivity index (χ2v) is 9.45. The maximum atomic E-state index is 14.4. The number of nitrogens with one attached hydrogen (secondary N) is 1. The Morgan fingerprint density at radius 1 is 1.18 bits per heavy atom. The zero-order chi connectivity index (χ0) is 24.5. The number of benzene rings is 2. The summed E-state index contributed by atoms with van der Waals surface area (Å²) in [6.45, 7) is 4.64. The molecule has 2 atom stereocenters. The maximum absolute atomic E-state index is 14.4. The molecule has 0 saturated heterocycles. The third-order valence-electron chi connectivity index (χ3n) is 6.72. The summed E-state index contributed by atoms with van der Waals surface area (Å²) >= 11 is 0. The summed E-state index contributed by atoms with van der Waals surface area (Å²) < 4.78 is 68.4. The van der Waals surface area contributed by atoms with Crippen LogP contribution in [0.4, 0.5) is 23.2 Å². The average molecular weight is 477 g/mol. The molecule has 34 heavy (non-hydrogen) atoms. The Bertz CT molecular complexity index is 1290. The Morgan fingerprint density at radius 2 is 1.94 bits per heavy atom. The molecule has 2 unspecified atom stereocenters. The molecule has 1 aliphatic carbocycles. The van der Waals surface area contributed by atoms with Gasteiger partial charge in [0.25, 0.3) is 0 Å². The zero-order valence-corrected chi connectivity index (χ0v) is 18.8. The summed E-state index contributed by atoms with van der Waals surface area (Å²) in [7, 11) is 0. The fourth-order valence-corrected chi connectivity index (χ4v) is 5.24. The van der Waals surface area contributed by atoms with E-state index in [1.54, 1.807) is 32.9 Å². The molecular weight excluding hydrogens is 454 g/mol. The lowest BCUT2D eigenvalue weighted by Crippen LogP contribution is -2.58. The number of aryl methyl sites for hydroxylation is 1. The third kappa shape index (κ3) is 3.34. The first-order chi connectivity index (χ1) is 15.9. The quantitative estimate of drug-likeness (QED) is 0.519. The second kappa shape index (κ2) is 7.43. The Hall–Kier alpha value is -3.14. The van der Waals surface area contributed by atoms with Gasteiger partial charge >= 0.3 is 6.18 Å². The van der Waals surface area contributed by atoms with Gasteiger partial charge in [-0.25, -0.2) is 14.4 Å². The fourth-order valence-electron chi connectivity index (χ4n) is 5.24. The lowest BCUT2D eigenvalue weighted by Gasteiger charge is -2.48. The number of nitrogens with zero attached hydrogens (tertiary/aromatic N) is 2. The van der Waals surface area contributed by atoms with E-state index in [1.165, 1.54) is 18.3 Å². The Morgan fingerprint density at radius 3 is 2.68 bits per heavy atom. The number of aromatic nitrogens is 2. The van der Waals surface area contributed by atoms with Gasteiger partial charge in [0.2, 0.25) is 6.79 Å². The van der Waals surface area contributed by atoms with Crippen molar-refractivity contribution in [2.75, 3.05) is 18.7 Å². The van der Waals surface area contributed by atoms with E-state index in [0.717, 1.165) is 0 Å². The minimum Gasteiger partial charge on any atom is -0.454 e. The first-order valence-corrected chi connectivity index (χ1v) is 10.8. The normalized spacial score (nSPS) is 23.1. The highest BCUT2D eigenvalue weighted by atomic mass is 19.4. The number of halogens is 4. The maximum Gasteiger partial charge on any atom is 0.417 e. The molecule has 180 valence electrons. The van der Waals surface area contributed by atoms with E-state index in [9.17, 15) is 22.7 Å². The van der Waals surface area contributed by atoms with Crippen molar-refractivity contribution in [2.45, 2.75) is 50.3 Å². The van der Waals surface area contributed by atoms with Crippen LogP contribution in [0.3, 0.4) is 0 Å². The Labute approximate surface area is 192 Å². The standard InChI is InChI=1S/C24H23F4N3O3/c1-12-29-8-14-17(6-5-16(25)20(14)31-12)30-9-15-13-4-7-18-21(34-11-33-18)19(13)22(2,3)10-23(15,32)24(26,27)28/h4-8,15,30,32H,9-11H2,1-3H3. The number of hydrogen-bond acceptors (Lipinski definition) is 6. The molecule has 0 bridgehead atoms. The van der Waals surface area contributed by atoms with E-state index in [2.05, 4.69) is 15.3 Å². The largest absolute Gasteiger partial charge is 0.454 e. The van der Waals surface area contributed by atoms with Gasteiger partial charge in [-0.2, -0.15) is 13.2 Å². The van der Waals surface area contributed by atoms with Gasteiger partial charge in [-0.3, -0.25) is 0 Å². The van der Waals surface area contributed by atoms with Crippen molar-refractivity contribution < 1.29 is 32.1 Å². The number of alkyl halides is 3. The lowest BCUT2D eigenvalue weighted by atomic mass is 9.60. The monoisotopic (exact) mass is 477 g/mol. The van der Waals surface area contributed by atoms with E-state index >= 15 is 0 Å². The minimum absolute atomic E-state index is 0.0185. The summed E-state index contributed by atoms with van der Waals surface area (Å²) in [5.74, 6) is -0.679. The zero-order valence-electron chi connectivity index (χ0n) is 18.8. The number of fused-ring (bicyclic) bond motifs is 4. The van der Waals surface area contributed by atoms with E-state index in [-0.39, 0.29) is 18.9 Å². The van der Waals surface area contributed by atoms with Gasteiger partial charge < -0.3 is 19.9 Å². The molecule has 0 saturated carbocycles. The molecule has 0 spiro atoms. The highest BCUT2D eigenvalue weighted by molar-refractivity contribution is 5.91. The predicted molar refractivity (Wildman–Crippen MR) is 117 cm³/mol. The number of aliphatic hydroxyl groups is 1. The molecular formula is C24H23F4N3O3. The molecule has 1 aliphatic heterocycles. The fraction of sp³-hybridized carbons (Fsp3) is 0.417. The molecule has 2 N–H and O–H groups in total. The van der Waals surface area contributed by atoms with Crippen molar-refractivity contribution in [3.63, 3.8) is 0 Å². The van der Waals surface area contributed by atoms with Crippen molar-refractivity contribution in [1.82, 2.24) is 9.97 Å². The van der Waals surface area contributed by atoms with Crippen LogP contribution in [0.5, 0.6) is 11.5 Å². The summed E-state index contributed by atoms with van der Waals surface area (Å²) in [5, 5.41) is 14.5. The number of anilines is 1. The van der Waals surface area contributed by atoms with E-state index < -0.39 is 35.3 Å². The van der Waals surface area contributed by atoms with Crippen LogP contribution in [0.2, 0.25) is 0 Å². The van der Waals surface area contributed by atoms with Crippen molar-refractivity contribution in [3.8, 4) is 11.5 Å². The van der Waals surface area contributed by atoms with Crippen LogP contribution in [-0.4, -0.2) is 40.2 Å². The van der Waals surface area contributed by atoms with Crippen molar-refractivity contribution >= 4 is 16.6 Å². The van der Waals surface area contributed by atoms with Gasteiger partial charge in [0.15, 0.2) is 17.1 Å². The van der Waals surface area contributed by atoms with Crippen molar-refractivity contribution in [2.24, 2.45) is 0 Å². The summed E-state index contributed by atoms with van der Waals surface area (Å²) in [5.41, 5.74) is -2.70. The van der Waals surface area contributed by atoms with Gasteiger partial charge in [0, 0.05) is 35.3 Å². The topological polar surface area (TPSA) is 76.5 Å². The van der Waals surface area contributed by atoms with Crippen LogP contribution in [0.25, 0.3) is 10.9 Å². The number of ether oxygens (including phenoxy) is 2. The highest BCUT2D eigenvalue weighted by Gasteiger charge is 2.64. The first kappa shape index (κ1) is 22.6. The Kier molecular flexibility index (Phi) is 4.95. The van der Waals surface area contributed by atoms with Crippen LogP contribution < -0.4 is 14.8 Å². The lowest BCUT2D eigenvalue weighted by molar-refractivity contribution is -0.277. The smallest absolute Gasteiger partial charge is 0.417 e. The minimum atomic E-state index is -4.89. The molecule has 0 fully saturated rings. The highest BCUT2D eigenvalue weighted by Crippen LogP contribution is 2.58. The third-order valence-corrected chi connectivity index (χ3v) is 6.72. The first-order valence-electron chi connectivity index (χ1n) is 10.8. The van der Waals surface area contributed by atoms with E-state index in [0.29, 0.717) is 39.5 Å². The van der Waals surface area contributed by atoms with Gasteiger partial charge in [-0.1, -0.05) is 19.9 Å². The Balaban J connectivity index is 1.61. The van der Waals surface area contributed by atoms with Crippen LogP contribution >= 0.6 is 0 Å². The molecule has 2 aromatic carbocycles. The van der Waals surface area contributed by atoms with Gasteiger partial charge in [0.05, 0.1) is 0 Å². The van der Waals surface area contributed by atoms with Crippen molar-refractivity contribution in [1.29, 1.82) is 0 Å². The van der Waals surface area contributed by atoms with Crippen LogP contribution in [0.1, 0.15) is 43.1 Å². The van der Waals surface area contributed by atoms with Crippen LogP contribution in [-0.2, 0) is 5.41 Å². The average Bonchev–Trinajstić information content (AvgIpc) is 3.22. The van der Waals surface area contributed by atoms with Crippen LogP contribution in [0.15, 0.2) is 30.5 Å². The molecule has 1 aromatic heterocycles. The predicted octanol–water partition coefficient (Wildman–Crippen LogP) is 4.98. The van der Waals surface area contributed by atoms with E-state index in [4.69, 9.17) is 9.47 Å². The van der Waals surface area contributed by atoms with Gasteiger partial charge in [-0.15, -0.1) is 0 Å². The molecule has 6 nitrogen and oxygen atoms in total. The summed E-state index contributed by atoms with van der Waals surface area (Å²) in [6.07, 6.45) is -4.03. The van der Waals surface area contributed by atoms with Crippen molar-refractivity contribution in [3.05, 3.63) is 53.2 Å². The summed E-state index contributed by atoms with van der Waals surface area (Å²) in [6, 6.07) is 5.75. The molecule has 0 amide bonds. The molecule has 5 rings (SSSR count). The molecule has 10 heteroatoms. The molecule has 3 aromatic rings. The number of hydrogen-bond donors (Lipinski definition) is 2. The molecule has 0 radical (unpaired) electrons. The van der Waals surface area contributed by atoms with Gasteiger partial charge in [0.1, 0.15) is 17.2 Å². The van der Waals surface area contributed by atoms with E-state index in [1.807, 2.05) is 0 Å². The molecule has 2 aliphatic rings. The second-order valence-electron chi connectivity index (χ2n) is 9.45. The van der Waals surface area contributed by atoms with Gasteiger partial charge in [-0.05, 0) is 42.5 Å². The number of rotatable bonds is 3. The van der Waals surface area contributed by atoms with Crippen LogP contribution in [0, 0.1) is 12.7 Å². The molecule has 2 heterocycles. The SMILES string of the molecule is Cc1ncc2c(NCC3c4ccc5c(c4C(C)(C)CC3(O)C(F)(F)F)OCO5)ccc(F)c2n1.